The van der Waals surface area contributed by atoms with Gasteiger partial charge >= 0.3 is 0 Å². The highest BCUT2D eigenvalue weighted by molar-refractivity contribution is 4.93. The summed E-state index contributed by atoms with van der Waals surface area (Å²) in [6, 6.07) is 0.669. The van der Waals surface area contributed by atoms with Crippen molar-refractivity contribution >= 4 is 0 Å². The van der Waals surface area contributed by atoms with Gasteiger partial charge in [0.25, 0.3) is 0 Å². The van der Waals surface area contributed by atoms with Gasteiger partial charge in [-0.25, -0.2) is 0 Å². The highest BCUT2D eigenvalue weighted by atomic mass is 16.5. The summed E-state index contributed by atoms with van der Waals surface area (Å²) >= 11 is 0. The topological polar surface area (TPSA) is 21.3 Å². The van der Waals surface area contributed by atoms with Crippen LogP contribution < -0.4 is 5.32 Å². The van der Waals surface area contributed by atoms with Crippen LogP contribution in [0.15, 0.2) is 0 Å². The monoisotopic (exact) mass is 185 g/mol. The Hall–Kier alpha value is -0.0800. The zero-order valence-electron chi connectivity index (χ0n) is 9.39. The fourth-order valence-electron chi connectivity index (χ4n) is 1.93. The van der Waals surface area contributed by atoms with Crippen molar-refractivity contribution in [3.63, 3.8) is 0 Å². The van der Waals surface area contributed by atoms with Crippen LogP contribution in [0.2, 0.25) is 0 Å². The predicted octanol–water partition coefficient (Wildman–Crippen LogP) is 2.05. The Morgan fingerprint density at radius 1 is 1.38 bits per heavy atom. The summed E-state index contributed by atoms with van der Waals surface area (Å²) in [6.07, 6.45) is 2.81. The molecule has 1 fully saturated rings. The summed E-state index contributed by atoms with van der Waals surface area (Å²) < 4.78 is 5.04. The van der Waals surface area contributed by atoms with Gasteiger partial charge in [-0.1, -0.05) is 20.8 Å². The molecular weight excluding hydrogens is 162 g/mol. The van der Waals surface area contributed by atoms with E-state index in [1.165, 1.54) is 12.8 Å². The van der Waals surface area contributed by atoms with Crippen molar-refractivity contribution in [3.8, 4) is 0 Å². The molecule has 78 valence electrons. The predicted molar refractivity (Wildman–Crippen MR) is 55.8 cm³/mol. The zero-order chi connectivity index (χ0) is 9.90. The van der Waals surface area contributed by atoms with Crippen LogP contribution in [0.25, 0.3) is 0 Å². The molecule has 2 nitrogen and oxygen atoms in total. The zero-order valence-corrected chi connectivity index (χ0v) is 9.39. The summed E-state index contributed by atoms with van der Waals surface area (Å²) in [6.45, 7) is 8.75. The summed E-state index contributed by atoms with van der Waals surface area (Å²) in [5.41, 5.74) is 0.384. The molecule has 0 amide bonds. The minimum Gasteiger partial charge on any atom is -0.383 e. The van der Waals surface area contributed by atoms with E-state index in [9.17, 15) is 0 Å². The maximum absolute atomic E-state index is 5.04. The third-order valence-electron chi connectivity index (χ3n) is 2.70. The molecule has 13 heavy (non-hydrogen) atoms. The fourth-order valence-corrected chi connectivity index (χ4v) is 1.93. The minimum atomic E-state index is 0.384. The number of rotatable bonds is 5. The Bertz CT molecular complexity index is 147. The normalized spacial score (nSPS) is 20.3. The van der Waals surface area contributed by atoms with Crippen molar-refractivity contribution < 1.29 is 4.74 Å². The number of hydrogen-bond acceptors (Lipinski definition) is 2. The largest absolute Gasteiger partial charge is 0.383 e. The summed E-state index contributed by atoms with van der Waals surface area (Å²) in [4.78, 5) is 0. The third kappa shape index (κ3) is 3.65. The number of hydrogen-bond donors (Lipinski definition) is 1. The molecule has 1 aliphatic carbocycles. The molecule has 1 saturated carbocycles. The van der Waals surface area contributed by atoms with E-state index >= 15 is 0 Å². The van der Waals surface area contributed by atoms with Gasteiger partial charge in [-0.05, 0) is 24.2 Å². The van der Waals surface area contributed by atoms with Gasteiger partial charge in [-0.15, -0.1) is 0 Å². The summed E-state index contributed by atoms with van der Waals surface area (Å²) in [5.74, 6) is 0.914. The van der Waals surface area contributed by atoms with Gasteiger partial charge in [0.05, 0.1) is 6.61 Å². The smallest absolute Gasteiger partial charge is 0.0587 e. The lowest BCUT2D eigenvalue weighted by Gasteiger charge is -2.31. The lowest BCUT2D eigenvalue weighted by atomic mass is 9.84. The molecule has 1 rings (SSSR count). The maximum atomic E-state index is 5.04. The molecule has 0 aromatic rings. The van der Waals surface area contributed by atoms with Crippen molar-refractivity contribution in [3.05, 3.63) is 0 Å². The molecule has 1 N–H and O–H groups in total. The molecule has 0 bridgehead atoms. The quantitative estimate of drug-likeness (QED) is 0.662. The van der Waals surface area contributed by atoms with Crippen LogP contribution in [-0.2, 0) is 4.74 Å². The second kappa shape index (κ2) is 4.43. The van der Waals surface area contributed by atoms with Crippen LogP contribution in [0.5, 0.6) is 0 Å². The molecule has 0 aliphatic heterocycles. The lowest BCUT2D eigenvalue weighted by Crippen LogP contribution is -2.43. The summed E-state index contributed by atoms with van der Waals surface area (Å²) in [5, 5.41) is 3.60. The third-order valence-corrected chi connectivity index (χ3v) is 2.70. The van der Waals surface area contributed by atoms with Gasteiger partial charge in [0.2, 0.25) is 0 Å². The average Bonchev–Trinajstić information content (AvgIpc) is 2.78. The first-order valence-corrected chi connectivity index (χ1v) is 5.28. The van der Waals surface area contributed by atoms with Gasteiger partial charge in [0.1, 0.15) is 0 Å². The van der Waals surface area contributed by atoms with Crippen molar-refractivity contribution in [1.82, 2.24) is 5.32 Å². The van der Waals surface area contributed by atoms with E-state index in [0.717, 1.165) is 19.1 Å². The second-order valence-electron chi connectivity index (χ2n) is 5.13. The maximum Gasteiger partial charge on any atom is 0.0587 e. The van der Waals surface area contributed by atoms with E-state index in [2.05, 4.69) is 26.1 Å². The highest BCUT2D eigenvalue weighted by Gasteiger charge is 2.37. The first-order chi connectivity index (χ1) is 6.05. The van der Waals surface area contributed by atoms with Crippen molar-refractivity contribution in [2.24, 2.45) is 11.3 Å². The van der Waals surface area contributed by atoms with E-state index < -0.39 is 0 Å². The first kappa shape index (κ1) is 11.0. The van der Waals surface area contributed by atoms with Crippen LogP contribution in [0.1, 0.15) is 33.6 Å². The van der Waals surface area contributed by atoms with E-state index in [0.29, 0.717) is 11.5 Å². The van der Waals surface area contributed by atoms with E-state index in [1.54, 1.807) is 7.11 Å². The lowest BCUT2D eigenvalue weighted by molar-refractivity contribution is 0.174. The van der Waals surface area contributed by atoms with Crippen molar-refractivity contribution in [2.45, 2.75) is 39.7 Å². The van der Waals surface area contributed by atoms with E-state index in [-0.39, 0.29) is 0 Å². The molecule has 0 spiro atoms. The standard InChI is InChI=1S/C11H23NO/c1-11(2,3)10(9-5-6-9)12-7-8-13-4/h9-10,12H,5-8H2,1-4H3/t10-/m1/s1. The van der Waals surface area contributed by atoms with Gasteiger partial charge in [0, 0.05) is 19.7 Å². The molecule has 0 heterocycles. The van der Waals surface area contributed by atoms with Crippen LogP contribution in [0.4, 0.5) is 0 Å². The fraction of sp³-hybridized carbons (Fsp3) is 1.00. The Labute approximate surface area is 82.0 Å². The molecule has 0 aromatic heterocycles. The molecule has 0 unspecified atom stereocenters. The summed E-state index contributed by atoms with van der Waals surface area (Å²) in [7, 11) is 1.75. The molecular formula is C11H23NO. The Kier molecular flexibility index (Phi) is 3.74. The molecule has 1 atom stereocenters. The van der Waals surface area contributed by atoms with Crippen molar-refractivity contribution in [1.29, 1.82) is 0 Å². The van der Waals surface area contributed by atoms with Crippen molar-refractivity contribution in [2.75, 3.05) is 20.3 Å². The molecule has 0 aromatic carbocycles. The average molecular weight is 185 g/mol. The first-order valence-electron chi connectivity index (χ1n) is 5.28. The highest BCUT2D eigenvalue weighted by Crippen LogP contribution is 2.40. The van der Waals surface area contributed by atoms with Crippen LogP contribution in [-0.4, -0.2) is 26.3 Å². The number of methoxy groups -OCH3 is 1. The van der Waals surface area contributed by atoms with E-state index in [4.69, 9.17) is 4.74 Å². The van der Waals surface area contributed by atoms with Crippen LogP contribution >= 0.6 is 0 Å². The van der Waals surface area contributed by atoms with Gasteiger partial charge in [-0.2, -0.15) is 0 Å². The SMILES string of the molecule is COCCN[C@H](C1CC1)C(C)(C)C. The number of ether oxygens (including phenoxy) is 1. The van der Waals surface area contributed by atoms with Gasteiger partial charge in [-0.3, -0.25) is 0 Å². The second-order valence-corrected chi connectivity index (χ2v) is 5.13. The molecule has 0 radical (unpaired) electrons. The number of nitrogens with one attached hydrogen (secondary N) is 1. The minimum absolute atomic E-state index is 0.384. The van der Waals surface area contributed by atoms with Crippen LogP contribution in [0, 0.1) is 11.3 Å². The molecule has 0 saturated heterocycles. The van der Waals surface area contributed by atoms with Gasteiger partial charge in [0.15, 0.2) is 0 Å². The van der Waals surface area contributed by atoms with E-state index in [1.807, 2.05) is 0 Å². The molecule has 2 heteroatoms. The Morgan fingerprint density at radius 3 is 2.38 bits per heavy atom. The Balaban J connectivity index is 2.30. The van der Waals surface area contributed by atoms with Gasteiger partial charge < -0.3 is 10.1 Å². The van der Waals surface area contributed by atoms with Crippen LogP contribution in [0.3, 0.4) is 0 Å². The Morgan fingerprint density at radius 2 is 2.00 bits per heavy atom. The molecule has 1 aliphatic rings.